The van der Waals surface area contributed by atoms with Crippen LogP contribution in [0, 0.1) is 0 Å². The van der Waals surface area contributed by atoms with Gasteiger partial charge in [0.1, 0.15) is 0 Å². The molecule has 2 saturated heterocycles. The highest BCUT2D eigenvalue weighted by Gasteiger charge is 2.34. The second-order valence-corrected chi connectivity index (χ2v) is 3.53. The summed E-state index contributed by atoms with van der Waals surface area (Å²) in [6, 6.07) is 0.0298. The Morgan fingerprint density at radius 2 is 2.33 bits per heavy atom. The fourth-order valence-electron chi connectivity index (χ4n) is 1.98. The summed E-state index contributed by atoms with van der Waals surface area (Å²) in [6.45, 7) is 2.31. The number of carbonyl (C=O) groups is 1. The van der Waals surface area contributed by atoms with Crippen molar-refractivity contribution in [3.63, 3.8) is 0 Å². The number of hydrogen-bond acceptors (Lipinski definition) is 3. The monoisotopic (exact) mass is 170 g/mol. The molecule has 0 aromatic carbocycles. The molecule has 0 aromatic heterocycles. The smallest absolute Gasteiger partial charge is 0.237 e. The number of rotatable bonds is 1. The number of aliphatic hydroxyl groups excluding tert-OH is 1. The van der Waals surface area contributed by atoms with Gasteiger partial charge in [-0.05, 0) is 12.8 Å². The van der Waals surface area contributed by atoms with Gasteiger partial charge in [0.05, 0.1) is 12.1 Å². The van der Waals surface area contributed by atoms with Crippen LogP contribution >= 0.6 is 0 Å². The second-order valence-electron chi connectivity index (χ2n) is 3.53. The van der Waals surface area contributed by atoms with Crippen molar-refractivity contribution in [3.8, 4) is 0 Å². The predicted octanol–water partition coefficient (Wildman–Crippen LogP) is -1.06. The molecule has 0 radical (unpaired) electrons. The first-order valence-electron chi connectivity index (χ1n) is 4.47. The molecule has 2 aliphatic rings. The minimum absolute atomic E-state index is 0.0298. The highest BCUT2D eigenvalue weighted by molar-refractivity contribution is 5.83. The van der Waals surface area contributed by atoms with Gasteiger partial charge in [-0.3, -0.25) is 9.69 Å². The summed E-state index contributed by atoms with van der Waals surface area (Å²) in [6.07, 6.45) is 1.48. The van der Waals surface area contributed by atoms with E-state index >= 15 is 0 Å². The van der Waals surface area contributed by atoms with E-state index in [1.165, 1.54) is 0 Å². The maximum absolute atomic E-state index is 11.2. The minimum Gasteiger partial charge on any atom is -0.392 e. The third-order valence-electron chi connectivity index (χ3n) is 2.66. The maximum Gasteiger partial charge on any atom is 0.237 e. The van der Waals surface area contributed by atoms with Crippen molar-refractivity contribution in [2.75, 3.05) is 19.6 Å². The van der Waals surface area contributed by atoms with Gasteiger partial charge in [-0.2, -0.15) is 0 Å². The average Bonchev–Trinajstić information content (AvgIpc) is 2.58. The Kier molecular flexibility index (Phi) is 2.02. The van der Waals surface area contributed by atoms with E-state index in [9.17, 15) is 9.90 Å². The molecule has 0 aliphatic carbocycles. The van der Waals surface area contributed by atoms with Gasteiger partial charge in [0.2, 0.25) is 5.91 Å². The first kappa shape index (κ1) is 8.01. The standard InChI is InChI=1S/C8H14N2O2/c11-6-2-4-10(5-6)7-1-3-9-8(7)12/h6-7,11H,1-5H2,(H,9,12). The van der Waals surface area contributed by atoms with Crippen molar-refractivity contribution in [2.24, 2.45) is 0 Å². The average molecular weight is 170 g/mol. The Labute approximate surface area is 71.5 Å². The third-order valence-corrected chi connectivity index (χ3v) is 2.66. The fourth-order valence-corrected chi connectivity index (χ4v) is 1.98. The van der Waals surface area contributed by atoms with E-state index in [2.05, 4.69) is 10.2 Å². The minimum atomic E-state index is -0.224. The van der Waals surface area contributed by atoms with Crippen LogP contribution in [0.25, 0.3) is 0 Å². The Balaban J connectivity index is 1.96. The zero-order valence-electron chi connectivity index (χ0n) is 6.99. The zero-order valence-corrected chi connectivity index (χ0v) is 6.99. The molecule has 12 heavy (non-hydrogen) atoms. The summed E-state index contributed by atoms with van der Waals surface area (Å²) in [5.74, 6) is 0.129. The lowest BCUT2D eigenvalue weighted by Gasteiger charge is -2.20. The highest BCUT2D eigenvalue weighted by atomic mass is 16.3. The molecule has 2 atom stereocenters. The molecule has 2 heterocycles. The van der Waals surface area contributed by atoms with Crippen molar-refractivity contribution in [1.29, 1.82) is 0 Å². The Hall–Kier alpha value is -0.610. The molecule has 2 aliphatic heterocycles. The van der Waals surface area contributed by atoms with Crippen LogP contribution in [0.5, 0.6) is 0 Å². The van der Waals surface area contributed by atoms with Crippen LogP contribution in [-0.4, -0.2) is 47.7 Å². The second kappa shape index (κ2) is 3.03. The molecule has 2 unspecified atom stereocenters. The Morgan fingerprint density at radius 3 is 2.83 bits per heavy atom. The maximum atomic E-state index is 11.2. The van der Waals surface area contributed by atoms with Crippen LogP contribution in [0.15, 0.2) is 0 Å². The molecular formula is C8H14N2O2. The van der Waals surface area contributed by atoms with Crippen molar-refractivity contribution in [2.45, 2.75) is 25.0 Å². The lowest BCUT2D eigenvalue weighted by atomic mass is 10.2. The zero-order chi connectivity index (χ0) is 8.55. The molecule has 1 amide bonds. The van der Waals surface area contributed by atoms with Crippen molar-refractivity contribution >= 4 is 5.91 Å². The van der Waals surface area contributed by atoms with Gasteiger partial charge in [-0.15, -0.1) is 0 Å². The molecular weight excluding hydrogens is 156 g/mol. The van der Waals surface area contributed by atoms with Gasteiger partial charge < -0.3 is 10.4 Å². The molecule has 4 nitrogen and oxygen atoms in total. The number of nitrogens with one attached hydrogen (secondary N) is 1. The van der Waals surface area contributed by atoms with Gasteiger partial charge in [0.15, 0.2) is 0 Å². The Morgan fingerprint density at radius 1 is 1.50 bits per heavy atom. The van der Waals surface area contributed by atoms with Crippen molar-refractivity contribution in [3.05, 3.63) is 0 Å². The van der Waals surface area contributed by atoms with E-state index in [0.29, 0.717) is 6.54 Å². The first-order chi connectivity index (χ1) is 5.77. The number of amides is 1. The van der Waals surface area contributed by atoms with Gasteiger partial charge in [0, 0.05) is 19.6 Å². The van der Waals surface area contributed by atoms with E-state index in [1.807, 2.05) is 0 Å². The van der Waals surface area contributed by atoms with Crippen molar-refractivity contribution < 1.29 is 9.90 Å². The quantitative estimate of drug-likeness (QED) is 0.527. The molecule has 2 rings (SSSR count). The molecule has 2 N–H and O–H groups in total. The number of β-amino-alcohol motifs (C(OH)–C–C–N with tert-alkyl or cyclic N) is 1. The van der Waals surface area contributed by atoms with Crippen LogP contribution in [0.3, 0.4) is 0 Å². The SMILES string of the molecule is O=C1NCCC1N1CCC(O)C1. The normalized spacial score (nSPS) is 37.2. The van der Waals surface area contributed by atoms with E-state index in [1.54, 1.807) is 0 Å². The van der Waals surface area contributed by atoms with Crippen molar-refractivity contribution in [1.82, 2.24) is 10.2 Å². The number of hydrogen-bond donors (Lipinski definition) is 2. The molecule has 0 aromatic rings. The number of aliphatic hydroxyl groups is 1. The molecule has 0 saturated carbocycles. The predicted molar refractivity (Wildman–Crippen MR) is 43.6 cm³/mol. The molecule has 0 bridgehead atoms. The van der Waals surface area contributed by atoms with Crippen LogP contribution in [0.1, 0.15) is 12.8 Å². The summed E-state index contributed by atoms with van der Waals surface area (Å²) in [5, 5.41) is 12.1. The van der Waals surface area contributed by atoms with Gasteiger partial charge in [-0.1, -0.05) is 0 Å². The largest absolute Gasteiger partial charge is 0.392 e. The van der Waals surface area contributed by atoms with Crippen LogP contribution in [0.2, 0.25) is 0 Å². The van der Waals surface area contributed by atoms with Gasteiger partial charge in [0.25, 0.3) is 0 Å². The molecule has 68 valence electrons. The summed E-state index contributed by atoms with van der Waals surface area (Å²) in [7, 11) is 0. The topological polar surface area (TPSA) is 52.6 Å². The van der Waals surface area contributed by atoms with E-state index in [-0.39, 0.29) is 18.1 Å². The lowest BCUT2D eigenvalue weighted by Crippen LogP contribution is -2.39. The summed E-state index contributed by atoms with van der Waals surface area (Å²) in [5.41, 5.74) is 0. The number of likely N-dealkylation sites (tertiary alicyclic amines) is 1. The van der Waals surface area contributed by atoms with E-state index in [0.717, 1.165) is 25.9 Å². The molecule has 4 heteroatoms. The Bertz CT molecular complexity index is 195. The summed E-state index contributed by atoms with van der Waals surface area (Å²) >= 11 is 0. The highest BCUT2D eigenvalue weighted by Crippen LogP contribution is 2.17. The number of nitrogens with zero attached hydrogens (tertiary/aromatic N) is 1. The summed E-state index contributed by atoms with van der Waals surface area (Å²) < 4.78 is 0. The number of carbonyl (C=O) groups excluding carboxylic acids is 1. The summed E-state index contributed by atoms with van der Waals surface area (Å²) in [4.78, 5) is 13.3. The van der Waals surface area contributed by atoms with E-state index in [4.69, 9.17) is 0 Å². The van der Waals surface area contributed by atoms with E-state index < -0.39 is 0 Å². The van der Waals surface area contributed by atoms with Crippen LogP contribution < -0.4 is 5.32 Å². The van der Waals surface area contributed by atoms with Crippen LogP contribution in [-0.2, 0) is 4.79 Å². The van der Waals surface area contributed by atoms with Gasteiger partial charge >= 0.3 is 0 Å². The van der Waals surface area contributed by atoms with Crippen LogP contribution in [0.4, 0.5) is 0 Å². The third kappa shape index (κ3) is 1.32. The lowest BCUT2D eigenvalue weighted by molar-refractivity contribution is -0.123. The van der Waals surface area contributed by atoms with Gasteiger partial charge in [-0.25, -0.2) is 0 Å². The fraction of sp³-hybridized carbons (Fsp3) is 0.875. The molecule has 0 spiro atoms. The molecule has 2 fully saturated rings. The first-order valence-corrected chi connectivity index (χ1v) is 4.47.